The van der Waals surface area contributed by atoms with Crippen molar-refractivity contribution < 1.29 is 9.53 Å². The minimum absolute atomic E-state index is 0.0106. The van der Waals surface area contributed by atoms with Gasteiger partial charge in [0.15, 0.2) is 0 Å². The van der Waals surface area contributed by atoms with E-state index in [0.717, 1.165) is 23.0 Å². The predicted molar refractivity (Wildman–Crippen MR) is 85.9 cm³/mol. The molecule has 1 aliphatic heterocycles. The van der Waals surface area contributed by atoms with Crippen molar-refractivity contribution >= 4 is 40.1 Å². The largest absolute Gasteiger partial charge is 0.376 e. The van der Waals surface area contributed by atoms with Crippen molar-refractivity contribution in [1.82, 2.24) is 5.32 Å². The molecule has 4 nitrogen and oxygen atoms in total. The molecule has 3 rings (SSSR count). The number of nitrogens with two attached hydrogens (primary N) is 1. The van der Waals surface area contributed by atoms with Crippen LogP contribution in [0.2, 0.25) is 5.02 Å². The lowest BCUT2D eigenvalue weighted by molar-refractivity contribution is -0.117. The van der Waals surface area contributed by atoms with Gasteiger partial charge in [-0.1, -0.05) is 11.6 Å². The number of fused-ring (bicyclic) bond motifs is 1. The van der Waals surface area contributed by atoms with Crippen LogP contribution in [0.1, 0.15) is 23.2 Å². The topological polar surface area (TPSA) is 64.3 Å². The molecule has 20 heavy (non-hydrogen) atoms. The number of hydrogen-bond donors (Lipinski definition) is 2. The van der Waals surface area contributed by atoms with Crippen LogP contribution in [0.3, 0.4) is 0 Å². The molecule has 1 heterocycles. The number of carbonyl (C=O) groups excluding carboxylic acids is 1. The molecule has 4 unspecified atom stereocenters. The highest BCUT2D eigenvalue weighted by Gasteiger charge is 2.51. The quantitative estimate of drug-likeness (QED) is 0.740. The van der Waals surface area contributed by atoms with E-state index in [9.17, 15) is 4.79 Å². The van der Waals surface area contributed by atoms with E-state index in [4.69, 9.17) is 22.1 Å². The van der Waals surface area contributed by atoms with Crippen LogP contribution in [0.15, 0.2) is 18.2 Å². The van der Waals surface area contributed by atoms with E-state index >= 15 is 0 Å². The normalized spacial score (nSPS) is 32.1. The van der Waals surface area contributed by atoms with Crippen LogP contribution in [0.25, 0.3) is 0 Å². The van der Waals surface area contributed by atoms with Crippen molar-refractivity contribution in [2.75, 3.05) is 6.61 Å². The molecule has 4 atom stereocenters. The zero-order chi connectivity index (χ0) is 14.3. The van der Waals surface area contributed by atoms with E-state index in [0.29, 0.717) is 16.5 Å². The van der Waals surface area contributed by atoms with Gasteiger partial charge in [0.1, 0.15) is 0 Å². The highest BCUT2D eigenvalue weighted by atomic mass is 127. The summed E-state index contributed by atoms with van der Waals surface area (Å²) in [6, 6.07) is 5.18. The Bertz CT molecular complexity index is 540. The smallest absolute Gasteiger partial charge is 0.251 e. The lowest BCUT2D eigenvalue weighted by Crippen LogP contribution is -2.72. The van der Waals surface area contributed by atoms with Gasteiger partial charge in [0.05, 0.1) is 17.2 Å². The molecule has 6 heteroatoms. The lowest BCUT2D eigenvalue weighted by atomic mass is 9.68. The molecule has 108 valence electrons. The second kappa shape index (κ2) is 5.79. The zero-order valence-corrected chi connectivity index (χ0v) is 13.7. The van der Waals surface area contributed by atoms with Gasteiger partial charge in [-0.25, -0.2) is 0 Å². The van der Waals surface area contributed by atoms with E-state index in [1.807, 2.05) is 6.07 Å². The molecule has 0 aromatic heterocycles. The van der Waals surface area contributed by atoms with E-state index in [2.05, 4.69) is 27.9 Å². The van der Waals surface area contributed by atoms with E-state index in [1.54, 1.807) is 12.1 Å². The van der Waals surface area contributed by atoms with Gasteiger partial charge < -0.3 is 15.8 Å². The maximum Gasteiger partial charge on any atom is 0.251 e. The Labute approximate surface area is 136 Å². The van der Waals surface area contributed by atoms with Crippen LogP contribution in [-0.2, 0) is 4.74 Å². The second-order valence-corrected chi connectivity index (χ2v) is 6.92. The van der Waals surface area contributed by atoms with Crippen LogP contribution < -0.4 is 11.1 Å². The van der Waals surface area contributed by atoms with Crippen LogP contribution in [0.5, 0.6) is 0 Å². The summed E-state index contributed by atoms with van der Waals surface area (Å²) in [7, 11) is 0. The number of benzene rings is 1. The van der Waals surface area contributed by atoms with E-state index in [1.165, 1.54) is 0 Å². The summed E-state index contributed by atoms with van der Waals surface area (Å²) in [5.74, 6) is 0.241. The fourth-order valence-electron chi connectivity index (χ4n) is 3.00. The van der Waals surface area contributed by atoms with Crippen molar-refractivity contribution in [3.63, 3.8) is 0 Å². The third-order valence-electron chi connectivity index (χ3n) is 4.16. The molecule has 3 N–H and O–H groups in total. The highest BCUT2D eigenvalue weighted by molar-refractivity contribution is 14.1. The van der Waals surface area contributed by atoms with E-state index in [-0.39, 0.29) is 24.1 Å². The number of carbonyl (C=O) groups is 1. The third kappa shape index (κ3) is 2.56. The maximum atomic E-state index is 12.2. The average molecular weight is 407 g/mol. The lowest BCUT2D eigenvalue weighted by Gasteiger charge is -2.52. The fraction of sp³-hybridized carbons (Fsp3) is 0.500. The number of ether oxygens (including phenoxy) is 1. The molecule has 0 spiro atoms. The molecule has 2 fully saturated rings. The zero-order valence-electron chi connectivity index (χ0n) is 10.8. The van der Waals surface area contributed by atoms with Gasteiger partial charge in [-0.2, -0.15) is 0 Å². The van der Waals surface area contributed by atoms with Crippen LogP contribution in [0.4, 0.5) is 0 Å². The molecule has 1 saturated heterocycles. The fourth-order valence-corrected chi connectivity index (χ4v) is 3.51. The highest BCUT2D eigenvalue weighted by Crippen LogP contribution is 2.37. The van der Waals surface area contributed by atoms with Gasteiger partial charge in [0.2, 0.25) is 0 Å². The molecule has 0 bridgehead atoms. The summed E-state index contributed by atoms with van der Waals surface area (Å²) in [5, 5.41) is 3.56. The molecular formula is C14H16ClIN2O2. The van der Waals surface area contributed by atoms with Gasteiger partial charge in [-0.15, -0.1) is 0 Å². The standard InChI is InChI=1S/C14H16ClIN2O2/c15-9-6-7(3-4-10(9)16)14(19)18-12-11(17)8-2-1-5-20-13(8)12/h3-4,6,8,11-13H,1-2,5,17H2,(H,18,19). The number of rotatable bonds is 2. The second-order valence-electron chi connectivity index (χ2n) is 5.35. The average Bonchev–Trinajstić information content (AvgIpc) is 2.47. The SMILES string of the molecule is NC1C2CCCOC2C1NC(=O)c1ccc(I)c(Cl)c1. The minimum atomic E-state index is -0.142. The van der Waals surface area contributed by atoms with Gasteiger partial charge in [0.25, 0.3) is 5.91 Å². The first-order chi connectivity index (χ1) is 9.58. The summed E-state index contributed by atoms with van der Waals surface area (Å²) in [4.78, 5) is 12.2. The van der Waals surface area contributed by atoms with Crippen molar-refractivity contribution in [3.8, 4) is 0 Å². The van der Waals surface area contributed by atoms with Gasteiger partial charge in [0, 0.05) is 27.7 Å². The molecule has 1 aromatic rings. The Morgan fingerprint density at radius 3 is 3.05 bits per heavy atom. The first-order valence-corrected chi connectivity index (χ1v) is 8.16. The molecule has 1 aromatic carbocycles. The molecule has 0 radical (unpaired) electrons. The van der Waals surface area contributed by atoms with Crippen molar-refractivity contribution in [2.45, 2.75) is 31.0 Å². The maximum absolute atomic E-state index is 12.2. The number of amides is 1. The van der Waals surface area contributed by atoms with Gasteiger partial charge in [-0.05, 0) is 53.6 Å². The number of halogens is 2. The minimum Gasteiger partial charge on any atom is -0.376 e. The van der Waals surface area contributed by atoms with Crippen LogP contribution in [-0.4, -0.2) is 30.7 Å². The monoisotopic (exact) mass is 406 g/mol. The summed E-state index contributed by atoms with van der Waals surface area (Å²) >= 11 is 8.18. The Balaban J connectivity index is 1.68. The first kappa shape index (κ1) is 14.6. The molecule has 1 amide bonds. The van der Waals surface area contributed by atoms with Gasteiger partial charge >= 0.3 is 0 Å². The molecule has 1 aliphatic carbocycles. The van der Waals surface area contributed by atoms with E-state index < -0.39 is 0 Å². The van der Waals surface area contributed by atoms with Crippen LogP contribution >= 0.6 is 34.2 Å². The molecule has 1 saturated carbocycles. The summed E-state index contributed by atoms with van der Waals surface area (Å²) in [5.41, 5.74) is 6.69. The first-order valence-electron chi connectivity index (χ1n) is 6.71. The summed E-state index contributed by atoms with van der Waals surface area (Å²) < 4.78 is 6.65. The van der Waals surface area contributed by atoms with Crippen molar-refractivity contribution in [3.05, 3.63) is 32.4 Å². The Hall–Kier alpha value is -0.370. The molecule has 2 aliphatic rings. The Morgan fingerprint density at radius 2 is 2.30 bits per heavy atom. The Morgan fingerprint density at radius 1 is 1.50 bits per heavy atom. The van der Waals surface area contributed by atoms with Gasteiger partial charge in [-0.3, -0.25) is 4.79 Å². The van der Waals surface area contributed by atoms with Crippen LogP contribution in [0, 0.1) is 9.49 Å². The third-order valence-corrected chi connectivity index (χ3v) is 5.73. The Kier molecular flexibility index (Phi) is 4.21. The molecular weight excluding hydrogens is 391 g/mol. The predicted octanol–water partition coefficient (Wildman–Crippen LogP) is 2.18. The number of nitrogens with one attached hydrogen (secondary N) is 1. The summed E-state index contributed by atoms with van der Waals surface area (Å²) in [6.45, 7) is 0.760. The van der Waals surface area contributed by atoms with Crippen molar-refractivity contribution in [1.29, 1.82) is 0 Å². The van der Waals surface area contributed by atoms with Crippen molar-refractivity contribution in [2.24, 2.45) is 11.7 Å². The summed E-state index contributed by atoms with van der Waals surface area (Å²) in [6.07, 6.45) is 2.22. The number of hydrogen-bond acceptors (Lipinski definition) is 3.